The van der Waals surface area contributed by atoms with E-state index in [9.17, 15) is 14.4 Å². The highest BCUT2D eigenvalue weighted by atomic mass is 32.1. The van der Waals surface area contributed by atoms with Crippen molar-refractivity contribution < 1.29 is 14.4 Å². The molecule has 7 heteroatoms. The summed E-state index contributed by atoms with van der Waals surface area (Å²) in [5.74, 6) is -0.0354. The minimum atomic E-state index is -0.0952. The van der Waals surface area contributed by atoms with Gasteiger partial charge in [-0.3, -0.25) is 14.4 Å². The Morgan fingerprint density at radius 2 is 1.96 bits per heavy atom. The molecule has 28 heavy (non-hydrogen) atoms. The number of likely N-dealkylation sites (tertiary alicyclic amines) is 1. The molecular weight excluding hydrogens is 374 g/mol. The third-order valence-corrected chi connectivity index (χ3v) is 5.79. The number of amides is 3. The molecule has 2 heterocycles. The summed E-state index contributed by atoms with van der Waals surface area (Å²) in [5.41, 5.74) is 0.663. The van der Waals surface area contributed by atoms with Gasteiger partial charge in [-0.05, 0) is 37.1 Å². The Morgan fingerprint density at radius 3 is 2.71 bits per heavy atom. The van der Waals surface area contributed by atoms with E-state index in [1.807, 2.05) is 15.7 Å². The quantitative estimate of drug-likeness (QED) is 0.553. The van der Waals surface area contributed by atoms with Crippen molar-refractivity contribution in [1.82, 2.24) is 15.5 Å². The lowest BCUT2D eigenvalue weighted by molar-refractivity contribution is -0.135. The normalized spacial score (nSPS) is 16.6. The molecule has 1 saturated heterocycles. The van der Waals surface area contributed by atoms with E-state index in [-0.39, 0.29) is 23.6 Å². The van der Waals surface area contributed by atoms with Gasteiger partial charge in [-0.2, -0.15) is 11.3 Å². The maximum atomic E-state index is 12.5. The summed E-state index contributed by atoms with van der Waals surface area (Å²) in [7, 11) is 0. The van der Waals surface area contributed by atoms with Gasteiger partial charge in [0.1, 0.15) is 0 Å². The molecule has 1 aromatic rings. The van der Waals surface area contributed by atoms with Crippen molar-refractivity contribution in [2.24, 2.45) is 5.92 Å². The van der Waals surface area contributed by atoms with Gasteiger partial charge in [0.2, 0.25) is 11.8 Å². The fourth-order valence-corrected chi connectivity index (χ4v) is 4.06. The smallest absolute Gasteiger partial charge is 0.252 e. The highest BCUT2D eigenvalue weighted by Crippen LogP contribution is 2.18. The second-order valence-corrected chi connectivity index (χ2v) is 8.18. The molecular formula is C21H33N3O3S. The van der Waals surface area contributed by atoms with E-state index in [4.69, 9.17) is 0 Å². The van der Waals surface area contributed by atoms with Crippen LogP contribution in [0.15, 0.2) is 16.8 Å². The molecule has 3 amide bonds. The van der Waals surface area contributed by atoms with Gasteiger partial charge in [0.15, 0.2) is 0 Å². The third-order valence-electron chi connectivity index (χ3n) is 5.11. The Labute approximate surface area is 172 Å². The summed E-state index contributed by atoms with van der Waals surface area (Å²) in [6.45, 7) is 4.62. The molecule has 1 atom stereocenters. The van der Waals surface area contributed by atoms with Crippen LogP contribution in [0.5, 0.6) is 0 Å². The lowest BCUT2D eigenvalue weighted by Crippen LogP contribution is -2.45. The van der Waals surface area contributed by atoms with Crippen LogP contribution in [0.3, 0.4) is 0 Å². The number of carbonyl (C=O) groups is 3. The van der Waals surface area contributed by atoms with Crippen molar-refractivity contribution in [2.75, 3.05) is 26.2 Å². The van der Waals surface area contributed by atoms with E-state index in [2.05, 4.69) is 17.6 Å². The molecule has 0 bridgehead atoms. The number of nitrogens with one attached hydrogen (secondary N) is 2. The van der Waals surface area contributed by atoms with Gasteiger partial charge in [0, 0.05) is 43.5 Å². The molecule has 1 aliphatic rings. The third kappa shape index (κ3) is 7.62. The van der Waals surface area contributed by atoms with Crippen LogP contribution in [0.1, 0.15) is 68.6 Å². The molecule has 0 aromatic carbocycles. The van der Waals surface area contributed by atoms with E-state index >= 15 is 0 Å². The first-order chi connectivity index (χ1) is 13.6. The highest BCUT2D eigenvalue weighted by molar-refractivity contribution is 7.08. The average molecular weight is 408 g/mol. The first-order valence-corrected chi connectivity index (χ1v) is 11.4. The lowest BCUT2D eigenvalue weighted by Gasteiger charge is -2.32. The number of nitrogens with zero attached hydrogens (tertiary/aromatic N) is 1. The summed E-state index contributed by atoms with van der Waals surface area (Å²) >= 11 is 1.49. The van der Waals surface area contributed by atoms with Crippen LogP contribution in [0, 0.1) is 5.92 Å². The van der Waals surface area contributed by atoms with Crippen molar-refractivity contribution in [2.45, 2.75) is 58.3 Å². The molecule has 0 spiro atoms. The molecule has 2 rings (SSSR count). The molecule has 6 nitrogen and oxygen atoms in total. The Hall–Kier alpha value is -1.89. The van der Waals surface area contributed by atoms with E-state index < -0.39 is 0 Å². The van der Waals surface area contributed by atoms with E-state index in [0.717, 1.165) is 38.8 Å². The lowest BCUT2D eigenvalue weighted by atomic mass is 9.96. The highest BCUT2D eigenvalue weighted by Gasteiger charge is 2.27. The Balaban J connectivity index is 1.63. The van der Waals surface area contributed by atoms with Crippen LogP contribution < -0.4 is 10.6 Å². The monoisotopic (exact) mass is 407 g/mol. The summed E-state index contributed by atoms with van der Waals surface area (Å²) in [4.78, 5) is 38.5. The van der Waals surface area contributed by atoms with Gasteiger partial charge in [-0.15, -0.1) is 0 Å². The maximum absolute atomic E-state index is 12.5. The van der Waals surface area contributed by atoms with Crippen molar-refractivity contribution in [3.63, 3.8) is 0 Å². The van der Waals surface area contributed by atoms with Crippen LogP contribution in [0.2, 0.25) is 0 Å². The second kappa shape index (κ2) is 12.5. The van der Waals surface area contributed by atoms with Crippen LogP contribution >= 0.6 is 11.3 Å². The molecule has 1 aromatic heterocycles. The number of hydrogen-bond donors (Lipinski definition) is 2. The van der Waals surface area contributed by atoms with Crippen molar-refractivity contribution in [3.8, 4) is 0 Å². The number of piperidine rings is 1. The van der Waals surface area contributed by atoms with E-state index in [1.54, 1.807) is 6.07 Å². The van der Waals surface area contributed by atoms with Crippen LogP contribution in [0.4, 0.5) is 0 Å². The van der Waals surface area contributed by atoms with Crippen molar-refractivity contribution in [1.29, 1.82) is 0 Å². The minimum Gasteiger partial charge on any atom is -0.356 e. The maximum Gasteiger partial charge on any atom is 0.252 e. The zero-order valence-electron chi connectivity index (χ0n) is 16.9. The predicted octanol–water partition coefficient (Wildman–Crippen LogP) is 3.19. The second-order valence-electron chi connectivity index (χ2n) is 7.40. The summed E-state index contributed by atoms with van der Waals surface area (Å²) < 4.78 is 0. The average Bonchev–Trinajstić information content (AvgIpc) is 3.25. The Bertz CT molecular complexity index is 618. The molecule has 2 N–H and O–H groups in total. The van der Waals surface area contributed by atoms with Gasteiger partial charge in [0.05, 0.1) is 5.92 Å². The van der Waals surface area contributed by atoms with E-state index in [0.29, 0.717) is 31.5 Å². The number of carbonyl (C=O) groups excluding carboxylic acids is 3. The summed E-state index contributed by atoms with van der Waals surface area (Å²) in [6, 6.07) is 1.79. The number of rotatable bonds is 11. The Kier molecular flexibility index (Phi) is 10.0. The fourth-order valence-electron chi connectivity index (χ4n) is 3.42. The summed E-state index contributed by atoms with van der Waals surface area (Å²) in [6.07, 6.45) is 7.28. The van der Waals surface area contributed by atoms with Crippen LogP contribution in [0.25, 0.3) is 0 Å². The van der Waals surface area contributed by atoms with Gasteiger partial charge in [-0.1, -0.05) is 26.2 Å². The van der Waals surface area contributed by atoms with E-state index in [1.165, 1.54) is 24.2 Å². The van der Waals surface area contributed by atoms with Crippen molar-refractivity contribution >= 4 is 29.1 Å². The van der Waals surface area contributed by atoms with Gasteiger partial charge in [-0.25, -0.2) is 0 Å². The first-order valence-electron chi connectivity index (χ1n) is 10.5. The van der Waals surface area contributed by atoms with Gasteiger partial charge >= 0.3 is 0 Å². The van der Waals surface area contributed by atoms with Crippen LogP contribution in [-0.2, 0) is 9.59 Å². The zero-order valence-corrected chi connectivity index (χ0v) is 17.7. The standard InChI is InChI=1S/C21H33N3O3S/c1-2-3-4-5-11-22-20(26)17-8-7-13-24(15-17)19(25)9-6-12-23-21(27)18-10-14-28-16-18/h10,14,16-17H,2-9,11-13,15H2,1H3,(H,22,26)(H,23,27). The number of unbranched alkanes of at least 4 members (excludes halogenated alkanes) is 3. The summed E-state index contributed by atoms with van der Waals surface area (Å²) in [5, 5.41) is 9.54. The molecule has 1 unspecified atom stereocenters. The van der Waals surface area contributed by atoms with Crippen molar-refractivity contribution in [3.05, 3.63) is 22.4 Å². The number of hydrogen-bond acceptors (Lipinski definition) is 4. The van der Waals surface area contributed by atoms with Gasteiger partial charge in [0.25, 0.3) is 5.91 Å². The van der Waals surface area contributed by atoms with Crippen LogP contribution in [-0.4, -0.2) is 48.8 Å². The molecule has 1 fully saturated rings. The topological polar surface area (TPSA) is 78.5 Å². The number of thiophene rings is 1. The minimum absolute atomic E-state index is 0.0743. The largest absolute Gasteiger partial charge is 0.356 e. The molecule has 0 radical (unpaired) electrons. The van der Waals surface area contributed by atoms with Gasteiger partial charge < -0.3 is 15.5 Å². The first kappa shape index (κ1) is 22.4. The fraction of sp³-hybridized carbons (Fsp3) is 0.667. The predicted molar refractivity (Wildman–Crippen MR) is 112 cm³/mol. The molecule has 156 valence electrons. The molecule has 0 aliphatic carbocycles. The zero-order chi connectivity index (χ0) is 20.2. The Morgan fingerprint density at radius 1 is 1.14 bits per heavy atom. The molecule has 0 saturated carbocycles. The molecule has 1 aliphatic heterocycles. The SMILES string of the molecule is CCCCCCNC(=O)C1CCCN(C(=O)CCCNC(=O)c2ccsc2)C1.